The van der Waals surface area contributed by atoms with Crippen LogP contribution in [0.5, 0.6) is 0 Å². The van der Waals surface area contributed by atoms with Gasteiger partial charge in [-0.05, 0) is 66.4 Å². The molecular weight excluding hydrogens is 709 g/mol. The summed E-state index contributed by atoms with van der Waals surface area (Å²) in [5.41, 5.74) is 12.5. The first-order valence-corrected chi connectivity index (χ1v) is 19.7. The number of amidine groups is 2. The molecule has 7 aromatic carbocycles. The Bertz CT molecular complexity index is 3260. The summed E-state index contributed by atoms with van der Waals surface area (Å²) >= 11 is 0. The maximum Gasteiger partial charge on any atom is 0.159 e. The monoisotopic (exact) mass is 744 g/mol. The van der Waals surface area contributed by atoms with Crippen LogP contribution in [0.15, 0.2) is 192 Å². The molecule has 6 nitrogen and oxygen atoms in total. The molecule has 1 unspecified atom stereocenters. The predicted octanol–water partition coefficient (Wildman–Crippen LogP) is 12.1. The Morgan fingerprint density at radius 2 is 1.22 bits per heavy atom. The summed E-state index contributed by atoms with van der Waals surface area (Å²) < 4.78 is 4.76. The Labute approximate surface area is 335 Å². The number of fused-ring (bicyclic) bond motifs is 6. The third-order valence-electron chi connectivity index (χ3n) is 11.5. The van der Waals surface area contributed by atoms with E-state index < -0.39 is 6.17 Å². The van der Waals surface area contributed by atoms with Crippen LogP contribution in [0, 0.1) is 11.3 Å². The quantitative estimate of drug-likeness (QED) is 0.184. The fourth-order valence-corrected chi connectivity index (χ4v) is 9.01. The first-order valence-electron chi connectivity index (χ1n) is 19.7. The zero-order valence-electron chi connectivity index (χ0n) is 31.5. The van der Waals surface area contributed by atoms with E-state index >= 15 is 0 Å². The van der Waals surface area contributed by atoms with E-state index in [2.05, 4.69) is 154 Å². The number of benzene rings is 7. The van der Waals surface area contributed by atoms with E-state index in [0.717, 1.165) is 95.8 Å². The molecule has 1 aliphatic carbocycles. The van der Waals surface area contributed by atoms with Crippen molar-refractivity contribution in [3.8, 4) is 22.9 Å². The van der Waals surface area contributed by atoms with Crippen molar-refractivity contribution in [3.05, 3.63) is 204 Å². The molecule has 0 spiro atoms. The van der Waals surface area contributed by atoms with Gasteiger partial charge in [0.1, 0.15) is 12.0 Å². The zero-order valence-corrected chi connectivity index (χ0v) is 31.5. The van der Waals surface area contributed by atoms with E-state index in [1.165, 1.54) is 5.70 Å². The van der Waals surface area contributed by atoms with Crippen LogP contribution < -0.4 is 5.32 Å². The number of hydrogen-bond donors (Lipinski definition) is 1. The topological polar surface area (TPSA) is 70.4 Å². The van der Waals surface area contributed by atoms with Crippen molar-refractivity contribution in [2.45, 2.75) is 19.0 Å². The molecule has 0 amide bonds. The number of allylic oxidation sites excluding steroid dienone is 4. The molecule has 1 atom stereocenters. The highest BCUT2D eigenvalue weighted by molar-refractivity contribution is 6.23. The van der Waals surface area contributed by atoms with Gasteiger partial charge in [-0.1, -0.05) is 140 Å². The highest BCUT2D eigenvalue weighted by atomic mass is 15.2. The fourth-order valence-electron chi connectivity index (χ4n) is 9.01. The predicted molar refractivity (Wildman–Crippen MR) is 238 cm³/mol. The molecule has 2 aliphatic rings. The highest BCUT2D eigenvalue weighted by Gasteiger charge is 2.27. The van der Waals surface area contributed by atoms with Gasteiger partial charge >= 0.3 is 0 Å². The molecule has 0 radical (unpaired) electrons. The van der Waals surface area contributed by atoms with Crippen LogP contribution in [-0.2, 0) is 0 Å². The van der Waals surface area contributed by atoms with Crippen molar-refractivity contribution in [2.24, 2.45) is 9.98 Å². The summed E-state index contributed by atoms with van der Waals surface area (Å²) in [7, 11) is 0. The van der Waals surface area contributed by atoms with E-state index in [1.54, 1.807) is 0 Å². The molecule has 274 valence electrons. The van der Waals surface area contributed by atoms with Crippen LogP contribution in [0.2, 0.25) is 0 Å². The van der Waals surface area contributed by atoms with Crippen LogP contribution in [0.3, 0.4) is 0 Å². The number of hydrogen-bond acceptors (Lipinski definition) is 4. The van der Waals surface area contributed by atoms with Crippen molar-refractivity contribution in [2.75, 3.05) is 0 Å². The number of aromatic nitrogens is 2. The largest absolute Gasteiger partial charge is 0.344 e. The molecule has 9 aromatic rings. The third-order valence-corrected chi connectivity index (χ3v) is 11.5. The minimum atomic E-state index is -0.410. The molecule has 0 saturated heterocycles. The second-order valence-corrected chi connectivity index (χ2v) is 14.8. The maximum atomic E-state index is 10.5. The Kier molecular flexibility index (Phi) is 7.97. The average Bonchev–Trinajstić information content (AvgIpc) is 3.83. The Morgan fingerprint density at radius 1 is 0.586 bits per heavy atom. The van der Waals surface area contributed by atoms with E-state index in [-0.39, 0.29) is 0 Å². The molecule has 6 heteroatoms. The molecule has 0 bridgehead atoms. The molecular formula is C52H36N6. The van der Waals surface area contributed by atoms with Crippen LogP contribution in [0.1, 0.15) is 41.3 Å². The Morgan fingerprint density at radius 3 is 1.98 bits per heavy atom. The number of aliphatic imine (C=N–C) groups is 2. The molecule has 2 aromatic heterocycles. The number of nitrogens with zero attached hydrogens (tertiary/aromatic N) is 5. The molecule has 1 aliphatic heterocycles. The van der Waals surface area contributed by atoms with Gasteiger partial charge in [-0.2, -0.15) is 5.26 Å². The van der Waals surface area contributed by atoms with Crippen molar-refractivity contribution in [3.63, 3.8) is 0 Å². The second kappa shape index (κ2) is 13.8. The average molecular weight is 745 g/mol. The molecule has 1 N–H and O–H groups in total. The first kappa shape index (κ1) is 33.6. The van der Waals surface area contributed by atoms with Gasteiger partial charge < -0.3 is 14.5 Å². The van der Waals surface area contributed by atoms with Gasteiger partial charge in [0, 0.05) is 43.9 Å². The minimum Gasteiger partial charge on any atom is -0.344 e. The number of rotatable bonds is 6. The fraction of sp³-hybridized carbons (Fsp3) is 0.0577. The van der Waals surface area contributed by atoms with E-state index in [1.807, 2.05) is 48.5 Å². The van der Waals surface area contributed by atoms with Crippen molar-refractivity contribution in [1.29, 1.82) is 5.26 Å². The van der Waals surface area contributed by atoms with Gasteiger partial charge in [-0.25, -0.2) is 9.98 Å². The van der Waals surface area contributed by atoms with Gasteiger partial charge in [-0.15, -0.1) is 0 Å². The maximum absolute atomic E-state index is 10.5. The first-order chi connectivity index (χ1) is 28.8. The summed E-state index contributed by atoms with van der Waals surface area (Å²) in [4.78, 5) is 10.3. The van der Waals surface area contributed by atoms with Gasteiger partial charge in [0.05, 0.1) is 39.4 Å². The van der Waals surface area contributed by atoms with E-state index in [4.69, 9.17) is 9.98 Å². The number of nitrogens with one attached hydrogen (secondary N) is 1. The normalized spacial score (nSPS) is 15.3. The van der Waals surface area contributed by atoms with Gasteiger partial charge in [0.2, 0.25) is 0 Å². The molecule has 3 heterocycles. The number of nitriles is 1. The molecule has 0 saturated carbocycles. The van der Waals surface area contributed by atoms with E-state index in [0.29, 0.717) is 11.4 Å². The molecule has 11 rings (SSSR count). The van der Waals surface area contributed by atoms with E-state index in [9.17, 15) is 5.26 Å². The van der Waals surface area contributed by atoms with Crippen LogP contribution >= 0.6 is 0 Å². The summed E-state index contributed by atoms with van der Waals surface area (Å²) in [6.07, 6.45) is 8.08. The van der Waals surface area contributed by atoms with Crippen molar-refractivity contribution < 1.29 is 0 Å². The van der Waals surface area contributed by atoms with Crippen LogP contribution in [-0.4, -0.2) is 20.8 Å². The zero-order chi connectivity index (χ0) is 38.6. The van der Waals surface area contributed by atoms with Crippen molar-refractivity contribution >= 4 is 61.0 Å². The van der Waals surface area contributed by atoms with Crippen LogP contribution in [0.4, 0.5) is 0 Å². The van der Waals surface area contributed by atoms with Gasteiger partial charge in [0.15, 0.2) is 5.84 Å². The second-order valence-electron chi connectivity index (χ2n) is 14.8. The lowest BCUT2D eigenvalue weighted by Gasteiger charge is -2.26. The Balaban J connectivity index is 1.15. The minimum absolute atomic E-state index is 0.410. The highest BCUT2D eigenvalue weighted by Crippen LogP contribution is 2.45. The van der Waals surface area contributed by atoms with Crippen LogP contribution in [0.25, 0.3) is 66.1 Å². The summed E-state index contributed by atoms with van der Waals surface area (Å²) in [6, 6.07) is 59.6. The lowest BCUT2D eigenvalue weighted by atomic mass is 9.94. The number of para-hydroxylation sites is 2. The SMILES string of the molecule is N#Cc1cccc2c1c1c(-c3cccc4c3c3ccccc3n4-c3ccccc3C3N=C(c4ccccc4)N=C(c4ccccc4)N3)cccc1n2C1=CC=CCC1. The summed E-state index contributed by atoms with van der Waals surface area (Å²) in [6.45, 7) is 0. The van der Waals surface area contributed by atoms with Gasteiger partial charge in [-0.3, -0.25) is 0 Å². The smallest absolute Gasteiger partial charge is 0.159 e. The lowest BCUT2D eigenvalue weighted by Crippen LogP contribution is -2.34. The summed E-state index contributed by atoms with van der Waals surface area (Å²) in [5, 5.41) is 18.6. The van der Waals surface area contributed by atoms with Gasteiger partial charge in [0.25, 0.3) is 0 Å². The lowest BCUT2D eigenvalue weighted by molar-refractivity contribution is 0.670. The van der Waals surface area contributed by atoms with Crippen molar-refractivity contribution in [1.82, 2.24) is 14.5 Å². The molecule has 0 fully saturated rings. The molecule has 58 heavy (non-hydrogen) atoms. The summed E-state index contributed by atoms with van der Waals surface area (Å²) in [5.74, 6) is 1.47. The third kappa shape index (κ3) is 5.32. The Hall–Kier alpha value is -7.75. The standard InChI is InChI=1S/C52H36N6/c53-33-36-21-14-30-44-47(36)49-39(27-16-32-46(49)57(44)37-22-8-3-9-23-37)38-26-15-31-45-48(38)40-24-10-12-28-42(40)58(45)43-29-13-11-25-41(43)52-55-50(34-17-4-1-5-18-34)54-51(56-52)35-19-6-2-7-20-35/h1-8,10-22,24-32,52H,9,23H2,(H,54,55,56).